The number of carboxylic acid groups (broad SMARTS) is 1. The third-order valence-electron chi connectivity index (χ3n) is 2.50. The van der Waals surface area contributed by atoms with Crippen molar-refractivity contribution in [3.8, 4) is 0 Å². The van der Waals surface area contributed by atoms with Crippen molar-refractivity contribution in [3.05, 3.63) is 12.2 Å². The van der Waals surface area contributed by atoms with Gasteiger partial charge >= 0.3 is 5.97 Å². The monoisotopic (exact) mass is 215 g/mol. The number of rotatable bonds is 4. The first-order valence-electron chi connectivity index (χ1n) is 4.77. The Morgan fingerprint density at radius 1 is 1.53 bits per heavy atom. The molecule has 1 aliphatic heterocycles. The minimum Gasteiger partial charge on any atom is -0.481 e. The third-order valence-corrected chi connectivity index (χ3v) is 2.50. The summed E-state index contributed by atoms with van der Waals surface area (Å²) in [4.78, 5) is 23.2. The lowest BCUT2D eigenvalue weighted by Gasteiger charge is -2.14. The number of nitrogens with zero attached hydrogens (tertiary/aromatic N) is 1. The summed E-state index contributed by atoms with van der Waals surface area (Å²) in [5, 5.41) is 8.41. The van der Waals surface area contributed by atoms with E-state index in [0.717, 1.165) is 0 Å². The van der Waals surface area contributed by atoms with Crippen molar-refractivity contribution in [1.82, 2.24) is 4.90 Å². The molecule has 1 heterocycles. The molecule has 15 heavy (non-hydrogen) atoms. The molecule has 84 valence electrons. The zero-order valence-corrected chi connectivity index (χ0v) is 8.41. The van der Waals surface area contributed by atoms with Gasteiger partial charge in [0.1, 0.15) is 0 Å². The lowest BCUT2D eigenvalue weighted by atomic mass is 10.1. The van der Waals surface area contributed by atoms with Crippen LogP contribution in [0.1, 0.15) is 12.8 Å². The molecule has 0 aromatic rings. The van der Waals surface area contributed by atoms with Gasteiger partial charge in [-0.1, -0.05) is 12.2 Å². The third kappa shape index (κ3) is 3.04. The van der Waals surface area contributed by atoms with E-state index in [2.05, 4.69) is 6.58 Å². The molecule has 1 rings (SSSR count). The minimum absolute atomic E-state index is 0.0262. The van der Waals surface area contributed by atoms with E-state index in [-0.39, 0.29) is 24.7 Å². The molecule has 0 saturated carbocycles. The van der Waals surface area contributed by atoms with Crippen molar-refractivity contribution in [3.63, 3.8) is 0 Å². The molecule has 0 aliphatic carbocycles. The van der Waals surface area contributed by atoms with Crippen LogP contribution in [-0.2, 0) is 9.59 Å². The van der Waals surface area contributed by atoms with Gasteiger partial charge in [0, 0.05) is 25.4 Å². The molecular weight excluding hydrogens is 201 g/mol. The van der Waals surface area contributed by atoms with Gasteiger partial charge in [-0.15, -0.1) is 0 Å². The molecule has 1 fully saturated rings. The highest BCUT2D eigenvalue weighted by atomic mass is 19.1. The molecular formula is C10H14FNO3. The molecule has 0 radical (unpaired) electrons. The Balaban J connectivity index is 2.42. The van der Waals surface area contributed by atoms with Gasteiger partial charge < -0.3 is 10.0 Å². The SMILES string of the molecule is C=C1CN(C(=O)CCC(=O)O)CC1CF. The molecule has 1 saturated heterocycles. The Hall–Kier alpha value is -1.39. The Morgan fingerprint density at radius 3 is 2.67 bits per heavy atom. The molecule has 1 amide bonds. The van der Waals surface area contributed by atoms with Gasteiger partial charge in [0.2, 0.25) is 5.91 Å². The Bertz CT molecular complexity index is 290. The quantitative estimate of drug-likeness (QED) is 0.707. The van der Waals surface area contributed by atoms with Crippen molar-refractivity contribution < 1.29 is 19.1 Å². The summed E-state index contributed by atoms with van der Waals surface area (Å²) in [5.74, 6) is -1.52. The zero-order chi connectivity index (χ0) is 11.4. The van der Waals surface area contributed by atoms with Crippen LogP contribution < -0.4 is 0 Å². The zero-order valence-electron chi connectivity index (χ0n) is 8.41. The van der Waals surface area contributed by atoms with Crippen LogP contribution in [0.25, 0.3) is 0 Å². The second-order valence-corrected chi connectivity index (χ2v) is 3.68. The highest BCUT2D eigenvalue weighted by Gasteiger charge is 2.28. The summed E-state index contributed by atoms with van der Waals surface area (Å²) in [5.41, 5.74) is 0.709. The molecule has 1 unspecified atom stereocenters. The molecule has 0 bridgehead atoms. The van der Waals surface area contributed by atoms with Crippen molar-refractivity contribution in [2.75, 3.05) is 19.8 Å². The fourth-order valence-corrected chi connectivity index (χ4v) is 1.55. The van der Waals surface area contributed by atoms with Crippen LogP contribution in [0.4, 0.5) is 4.39 Å². The molecule has 0 spiro atoms. The number of likely N-dealkylation sites (tertiary alicyclic amines) is 1. The van der Waals surface area contributed by atoms with Gasteiger partial charge in [0.25, 0.3) is 0 Å². The van der Waals surface area contributed by atoms with Crippen molar-refractivity contribution >= 4 is 11.9 Å². The van der Waals surface area contributed by atoms with E-state index < -0.39 is 12.6 Å². The van der Waals surface area contributed by atoms with Crippen molar-refractivity contribution in [2.45, 2.75) is 12.8 Å². The molecule has 1 aliphatic rings. The fourth-order valence-electron chi connectivity index (χ4n) is 1.55. The Morgan fingerprint density at radius 2 is 2.20 bits per heavy atom. The van der Waals surface area contributed by atoms with E-state index in [0.29, 0.717) is 18.7 Å². The predicted octanol–water partition coefficient (Wildman–Crippen LogP) is 0.835. The number of alkyl halides is 1. The maximum atomic E-state index is 12.4. The molecule has 5 heteroatoms. The maximum absolute atomic E-state index is 12.4. The second-order valence-electron chi connectivity index (χ2n) is 3.68. The van der Waals surface area contributed by atoms with Gasteiger partial charge in [-0.3, -0.25) is 14.0 Å². The number of carbonyl (C=O) groups excluding carboxylic acids is 1. The van der Waals surface area contributed by atoms with Crippen LogP contribution in [0.3, 0.4) is 0 Å². The van der Waals surface area contributed by atoms with E-state index in [1.54, 1.807) is 0 Å². The first-order chi connectivity index (χ1) is 7.04. The van der Waals surface area contributed by atoms with Crippen LogP contribution in [0.5, 0.6) is 0 Å². The van der Waals surface area contributed by atoms with E-state index in [1.165, 1.54) is 4.90 Å². The average Bonchev–Trinajstić information content (AvgIpc) is 2.56. The average molecular weight is 215 g/mol. The summed E-state index contributed by atoms with van der Waals surface area (Å²) in [6.45, 7) is 3.85. The topological polar surface area (TPSA) is 57.6 Å². The van der Waals surface area contributed by atoms with Crippen LogP contribution in [-0.4, -0.2) is 41.6 Å². The normalized spacial score (nSPS) is 20.7. The lowest BCUT2D eigenvalue weighted by molar-refractivity contribution is -0.140. The predicted molar refractivity (Wildman–Crippen MR) is 52.1 cm³/mol. The smallest absolute Gasteiger partial charge is 0.303 e. The number of hydrogen-bond acceptors (Lipinski definition) is 2. The molecule has 4 nitrogen and oxygen atoms in total. The van der Waals surface area contributed by atoms with Crippen LogP contribution in [0.2, 0.25) is 0 Å². The summed E-state index contributed by atoms with van der Waals surface area (Å²) in [7, 11) is 0. The number of hydrogen-bond donors (Lipinski definition) is 1. The molecule has 1 atom stereocenters. The number of amides is 1. The number of carboxylic acids is 1. The van der Waals surface area contributed by atoms with Gasteiger partial charge in [0.05, 0.1) is 13.1 Å². The van der Waals surface area contributed by atoms with Gasteiger partial charge in [0.15, 0.2) is 0 Å². The van der Waals surface area contributed by atoms with Crippen molar-refractivity contribution in [2.24, 2.45) is 5.92 Å². The maximum Gasteiger partial charge on any atom is 0.303 e. The second kappa shape index (κ2) is 4.91. The van der Waals surface area contributed by atoms with E-state index in [9.17, 15) is 14.0 Å². The number of aliphatic carboxylic acids is 1. The van der Waals surface area contributed by atoms with Crippen LogP contribution >= 0.6 is 0 Å². The van der Waals surface area contributed by atoms with Gasteiger partial charge in [-0.2, -0.15) is 0 Å². The molecule has 1 N–H and O–H groups in total. The summed E-state index contributed by atoms with van der Waals surface area (Å²) < 4.78 is 12.4. The van der Waals surface area contributed by atoms with Crippen LogP contribution in [0, 0.1) is 5.92 Å². The summed E-state index contributed by atoms with van der Waals surface area (Å²) in [6, 6.07) is 0. The van der Waals surface area contributed by atoms with Gasteiger partial charge in [-0.25, -0.2) is 0 Å². The summed E-state index contributed by atoms with van der Waals surface area (Å²) >= 11 is 0. The van der Waals surface area contributed by atoms with E-state index in [1.807, 2.05) is 0 Å². The van der Waals surface area contributed by atoms with Crippen molar-refractivity contribution in [1.29, 1.82) is 0 Å². The standard InChI is InChI=1S/C10H14FNO3/c1-7-5-12(6-8(7)4-11)9(13)2-3-10(14)15/h8H,1-6H2,(H,14,15). The highest BCUT2D eigenvalue weighted by Crippen LogP contribution is 2.22. The van der Waals surface area contributed by atoms with Gasteiger partial charge in [-0.05, 0) is 0 Å². The fraction of sp³-hybridized carbons (Fsp3) is 0.600. The number of carbonyl (C=O) groups is 2. The minimum atomic E-state index is -0.997. The largest absolute Gasteiger partial charge is 0.481 e. The molecule has 0 aromatic heterocycles. The van der Waals surface area contributed by atoms with E-state index >= 15 is 0 Å². The first-order valence-corrected chi connectivity index (χ1v) is 4.77. The van der Waals surface area contributed by atoms with Crippen LogP contribution in [0.15, 0.2) is 12.2 Å². The lowest BCUT2D eigenvalue weighted by Crippen LogP contribution is -2.29. The summed E-state index contributed by atoms with van der Waals surface area (Å²) in [6.07, 6.45) is -0.205. The number of halogens is 1. The Labute approximate surface area is 87.4 Å². The highest BCUT2D eigenvalue weighted by molar-refractivity contribution is 5.81. The first kappa shape index (κ1) is 11.7. The Kier molecular flexibility index (Phi) is 3.82. The molecule has 0 aromatic carbocycles. The van der Waals surface area contributed by atoms with E-state index in [4.69, 9.17) is 5.11 Å².